The summed E-state index contributed by atoms with van der Waals surface area (Å²) in [6, 6.07) is 20.7. The van der Waals surface area contributed by atoms with Gasteiger partial charge in [-0.15, -0.1) is 0 Å². The Kier molecular flexibility index (Phi) is 8.03. The van der Waals surface area contributed by atoms with E-state index in [-0.39, 0.29) is 15.9 Å². The second kappa shape index (κ2) is 10.8. The maximum Gasteiger partial charge on any atom is 0.251 e. The van der Waals surface area contributed by atoms with E-state index >= 15 is 0 Å². The number of aryl methyl sites for hydroxylation is 2. The van der Waals surface area contributed by atoms with Gasteiger partial charge in [0.15, 0.2) is 5.11 Å². The summed E-state index contributed by atoms with van der Waals surface area (Å²) in [5.74, 6) is -0.290. The van der Waals surface area contributed by atoms with Crippen LogP contribution in [-0.2, 0) is 14.8 Å². The standard InChI is InChI=1S/C25H28N4O3S2/c1-17-11-10-12-18(2)22(17)27-24(30)23(19-13-6-5-7-14-19)28-25(33)26-20-15-8-9-16-21(20)34(31,32)29(3)4/h5-16,23H,1-4H3,(H,27,30)(H2,26,28,33). The summed E-state index contributed by atoms with van der Waals surface area (Å²) < 4.78 is 26.6. The summed E-state index contributed by atoms with van der Waals surface area (Å²) >= 11 is 5.49. The molecular formula is C25H28N4O3S2. The lowest BCUT2D eigenvalue weighted by atomic mass is 10.0. The molecular weight excluding hydrogens is 468 g/mol. The van der Waals surface area contributed by atoms with E-state index in [4.69, 9.17) is 12.2 Å². The summed E-state index contributed by atoms with van der Waals surface area (Å²) in [5, 5.41) is 9.12. The van der Waals surface area contributed by atoms with Gasteiger partial charge in [-0.2, -0.15) is 0 Å². The molecule has 0 aliphatic rings. The molecule has 34 heavy (non-hydrogen) atoms. The molecule has 0 aliphatic heterocycles. The third-order valence-corrected chi connectivity index (χ3v) is 7.39. The van der Waals surface area contributed by atoms with Crippen molar-refractivity contribution in [2.45, 2.75) is 24.8 Å². The molecule has 0 radical (unpaired) electrons. The fraction of sp³-hybridized carbons (Fsp3) is 0.200. The van der Waals surface area contributed by atoms with Crippen molar-refractivity contribution >= 4 is 44.6 Å². The van der Waals surface area contributed by atoms with Crippen molar-refractivity contribution in [2.24, 2.45) is 0 Å². The van der Waals surface area contributed by atoms with Crippen molar-refractivity contribution < 1.29 is 13.2 Å². The number of sulfonamides is 1. The smallest absolute Gasteiger partial charge is 0.251 e. The SMILES string of the molecule is Cc1cccc(C)c1NC(=O)C(NC(=S)Nc1ccccc1S(=O)(=O)N(C)C)c1ccccc1. The van der Waals surface area contributed by atoms with Crippen molar-refractivity contribution in [2.75, 3.05) is 24.7 Å². The second-order valence-electron chi connectivity index (χ2n) is 7.98. The number of hydrogen-bond acceptors (Lipinski definition) is 4. The molecule has 0 spiro atoms. The van der Waals surface area contributed by atoms with Crippen molar-refractivity contribution in [1.82, 2.24) is 9.62 Å². The van der Waals surface area contributed by atoms with Gasteiger partial charge >= 0.3 is 0 Å². The number of benzene rings is 3. The predicted octanol–water partition coefficient (Wildman–Crippen LogP) is 4.22. The first-order valence-electron chi connectivity index (χ1n) is 10.6. The molecule has 0 aliphatic carbocycles. The highest BCUT2D eigenvalue weighted by atomic mass is 32.2. The normalized spacial score (nSPS) is 12.1. The van der Waals surface area contributed by atoms with E-state index in [9.17, 15) is 13.2 Å². The van der Waals surface area contributed by atoms with Gasteiger partial charge in [-0.3, -0.25) is 4.79 Å². The third kappa shape index (κ3) is 5.80. The first kappa shape index (κ1) is 25.4. The number of thiocarbonyl (C=S) groups is 1. The zero-order valence-corrected chi connectivity index (χ0v) is 21.1. The number of amides is 1. The molecule has 9 heteroatoms. The van der Waals surface area contributed by atoms with Gasteiger partial charge in [-0.1, -0.05) is 60.7 Å². The predicted molar refractivity (Wildman–Crippen MR) is 140 cm³/mol. The van der Waals surface area contributed by atoms with Crippen molar-refractivity contribution in [3.8, 4) is 0 Å². The van der Waals surface area contributed by atoms with Crippen molar-refractivity contribution in [1.29, 1.82) is 0 Å². The van der Waals surface area contributed by atoms with Crippen LogP contribution in [0.3, 0.4) is 0 Å². The molecule has 0 bridgehead atoms. The van der Waals surface area contributed by atoms with Crippen LogP contribution < -0.4 is 16.0 Å². The molecule has 1 atom stereocenters. The molecule has 3 N–H and O–H groups in total. The van der Waals surface area contributed by atoms with Crippen LogP contribution in [0, 0.1) is 13.8 Å². The first-order valence-corrected chi connectivity index (χ1v) is 12.5. The fourth-order valence-electron chi connectivity index (χ4n) is 3.43. The average Bonchev–Trinajstić information content (AvgIpc) is 2.80. The number of rotatable bonds is 7. The van der Waals surface area contributed by atoms with Crippen molar-refractivity contribution in [3.05, 3.63) is 89.5 Å². The summed E-state index contributed by atoms with van der Waals surface area (Å²) in [7, 11) is -0.768. The van der Waals surface area contributed by atoms with E-state index in [1.54, 1.807) is 18.2 Å². The maximum atomic E-state index is 13.4. The molecule has 178 valence electrons. The number of anilines is 2. The van der Waals surface area contributed by atoms with Crippen molar-refractivity contribution in [3.63, 3.8) is 0 Å². The molecule has 0 fully saturated rings. The third-order valence-electron chi connectivity index (χ3n) is 5.29. The van der Waals surface area contributed by atoms with Crippen LogP contribution in [-0.4, -0.2) is 37.8 Å². The number of carbonyl (C=O) groups excluding carboxylic acids is 1. The summed E-state index contributed by atoms with van der Waals surface area (Å²) in [6.45, 7) is 3.86. The highest BCUT2D eigenvalue weighted by molar-refractivity contribution is 7.89. The summed E-state index contributed by atoms with van der Waals surface area (Å²) in [5.41, 5.74) is 3.67. The van der Waals surface area contributed by atoms with E-state index in [0.29, 0.717) is 11.3 Å². The average molecular weight is 497 g/mol. The van der Waals surface area contributed by atoms with Gasteiger partial charge in [-0.25, -0.2) is 12.7 Å². The van der Waals surface area contributed by atoms with Gasteiger partial charge in [0, 0.05) is 19.8 Å². The largest absolute Gasteiger partial charge is 0.347 e. The van der Waals surface area contributed by atoms with Crippen LogP contribution in [0.15, 0.2) is 77.7 Å². The van der Waals surface area contributed by atoms with E-state index < -0.39 is 16.1 Å². The van der Waals surface area contributed by atoms with E-state index in [1.165, 1.54) is 20.2 Å². The molecule has 3 aromatic rings. The molecule has 3 rings (SSSR count). The van der Waals surface area contributed by atoms with E-state index in [1.807, 2.05) is 62.4 Å². The molecule has 1 amide bonds. The lowest BCUT2D eigenvalue weighted by Gasteiger charge is -2.23. The minimum Gasteiger partial charge on any atom is -0.347 e. The van der Waals surface area contributed by atoms with Crippen LogP contribution >= 0.6 is 12.2 Å². The fourth-order valence-corrected chi connectivity index (χ4v) is 4.70. The summed E-state index contributed by atoms with van der Waals surface area (Å²) in [4.78, 5) is 13.4. The quantitative estimate of drug-likeness (QED) is 0.425. The van der Waals surface area contributed by atoms with Gasteiger partial charge in [0.25, 0.3) is 5.91 Å². The molecule has 1 unspecified atom stereocenters. The Morgan fingerprint density at radius 1 is 0.853 bits per heavy atom. The molecule has 0 saturated heterocycles. The minimum atomic E-state index is -3.70. The van der Waals surface area contributed by atoms with Crippen LogP contribution in [0.5, 0.6) is 0 Å². The number of para-hydroxylation sites is 2. The zero-order valence-electron chi connectivity index (χ0n) is 19.5. The Morgan fingerprint density at radius 3 is 2.06 bits per heavy atom. The molecule has 0 aromatic heterocycles. The van der Waals surface area contributed by atoms with Gasteiger partial charge in [-0.05, 0) is 54.9 Å². The molecule has 0 heterocycles. The van der Waals surface area contributed by atoms with Gasteiger partial charge < -0.3 is 16.0 Å². The Bertz CT molecular complexity index is 1270. The number of nitrogens with one attached hydrogen (secondary N) is 3. The molecule has 3 aromatic carbocycles. The van der Waals surface area contributed by atoms with Crippen LogP contribution in [0.25, 0.3) is 0 Å². The van der Waals surface area contributed by atoms with E-state index in [2.05, 4.69) is 16.0 Å². The Morgan fingerprint density at radius 2 is 1.44 bits per heavy atom. The number of nitrogens with zero attached hydrogens (tertiary/aromatic N) is 1. The topological polar surface area (TPSA) is 90.5 Å². The highest BCUT2D eigenvalue weighted by Crippen LogP contribution is 2.25. The Hall–Kier alpha value is -3.27. The zero-order chi connectivity index (χ0) is 24.9. The lowest BCUT2D eigenvalue weighted by Crippen LogP contribution is -2.39. The van der Waals surface area contributed by atoms with Gasteiger partial charge in [0.05, 0.1) is 5.69 Å². The maximum absolute atomic E-state index is 13.4. The Labute approximate surface area is 206 Å². The minimum absolute atomic E-state index is 0.0837. The lowest BCUT2D eigenvalue weighted by molar-refractivity contribution is -0.117. The number of hydrogen-bond donors (Lipinski definition) is 3. The Balaban J connectivity index is 1.88. The van der Waals surface area contributed by atoms with Crippen LogP contribution in [0.2, 0.25) is 0 Å². The second-order valence-corrected chi connectivity index (χ2v) is 10.5. The van der Waals surface area contributed by atoms with Crippen LogP contribution in [0.1, 0.15) is 22.7 Å². The molecule has 0 saturated carbocycles. The first-order chi connectivity index (χ1) is 16.1. The number of carbonyl (C=O) groups is 1. The monoisotopic (exact) mass is 496 g/mol. The van der Waals surface area contributed by atoms with Gasteiger partial charge in [0.2, 0.25) is 10.0 Å². The summed E-state index contributed by atoms with van der Waals surface area (Å²) in [6.07, 6.45) is 0. The van der Waals surface area contributed by atoms with Crippen LogP contribution in [0.4, 0.5) is 11.4 Å². The van der Waals surface area contributed by atoms with Gasteiger partial charge in [0.1, 0.15) is 10.9 Å². The highest BCUT2D eigenvalue weighted by Gasteiger charge is 2.25. The van der Waals surface area contributed by atoms with E-state index in [0.717, 1.165) is 21.1 Å². The molecule has 7 nitrogen and oxygen atoms in total.